The van der Waals surface area contributed by atoms with Gasteiger partial charge in [0.2, 0.25) is 0 Å². The van der Waals surface area contributed by atoms with Crippen molar-refractivity contribution in [2.75, 3.05) is 6.54 Å². The first-order valence-corrected chi connectivity index (χ1v) is 8.79. The number of halogens is 1. The Bertz CT molecular complexity index is 842. The third kappa shape index (κ3) is 6.18. The van der Waals surface area contributed by atoms with Crippen LogP contribution in [0.4, 0.5) is 0 Å². The van der Waals surface area contributed by atoms with Gasteiger partial charge in [0, 0.05) is 16.6 Å². The van der Waals surface area contributed by atoms with Crippen LogP contribution in [0, 0.1) is 0 Å². The first-order valence-electron chi connectivity index (χ1n) is 7.99. The highest BCUT2D eigenvalue weighted by molar-refractivity contribution is 9.10. The summed E-state index contributed by atoms with van der Waals surface area (Å²) >= 11 is 3.33. The van der Waals surface area contributed by atoms with E-state index in [1.165, 1.54) is 0 Å². The van der Waals surface area contributed by atoms with E-state index in [0.717, 1.165) is 10.0 Å². The van der Waals surface area contributed by atoms with Crippen molar-refractivity contribution in [3.8, 4) is 0 Å². The summed E-state index contributed by atoms with van der Waals surface area (Å²) in [6, 6.07) is 16.6. The summed E-state index contributed by atoms with van der Waals surface area (Å²) in [5.41, 5.74) is 1.60. The molecule has 2 N–H and O–H groups in total. The van der Waals surface area contributed by atoms with E-state index in [1.807, 2.05) is 42.5 Å². The predicted octanol–water partition coefficient (Wildman–Crippen LogP) is 4.08. The number of carbonyl (C=O) groups is 2. The highest BCUT2D eigenvalue weighted by Gasteiger charge is 2.13. The minimum absolute atomic E-state index is 0.156. The van der Waals surface area contributed by atoms with E-state index in [9.17, 15) is 9.59 Å². The molecular formula is C21H19BrN2O2. The van der Waals surface area contributed by atoms with Crippen LogP contribution in [0.5, 0.6) is 0 Å². The molecule has 0 aliphatic rings. The van der Waals surface area contributed by atoms with Gasteiger partial charge in [-0.15, -0.1) is 6.58 Å². The molecule has 132 valence electrons. The number of carbonyl (C=O) groups excluding carboxylic acids is 2. The van der Waals surface area contributed by atoms with Crippen molar-refractivity contribution in [2.45, 2.75) is 0 Å². The molecule has 2 aromatic rings. The first kappa shape index (κ1) is 19.4. The quantitative estimate of drug-likeness (QED) is 0.410. The Balaban J connectivity index is 2.18. The highest BCUT2D eigenvalue weighted by Crippen LogP contribution is 2.12. The molecule has 0 aromatic heterocycles. The minimum atomic E-state index is -0.383. The molecule has 0 atom stereocenters. The van der Waals surface area contributed by atoms with Crippen LogP contribution in [0.15, 0.2) is 89.6 Å². The van der Waals surface area contributed by atoms with Gasteiger partial charge in [-0.05, 0) is 29.8 Å². The molecule has 4 nitrogen and oxygen atoms in total. The summed E-state index contributed by atoms with van der Waals surface area (Å²) < 4.78 is 0.788. The summed E-state index contributed by atoms with van der Waals surface area (Å²) in [6.45, 7) is 3.88. The summed E-state index contributed by atoms with van der Waals surface area (Å²) in [5.74, 6) is -0.745. The fraction of sp³-hybridized carbons (Fsp3) is 0.0476. The SMILES string of the molecule is C=CCNC(=O)C(=CC=Cc1ccccc1)NC(=O)c1cccc(Br)c1. The lowest BCUT2D eigenvalue weighted by atomic mass is 10.2. The molecular weight excluding hydrogens is 392 g/mol. The van der Waals surface area contributed by atoms with E-state index in [2.05, 4.69) is 33.1 Å². The summed E-state index contributed by atoms with van der Waals surface area (Å²) in [5, 5.41) is 5.33. The maximum Gasteiger partial charge on any atom is 0.268 e. The van der Waals surface area contributed by atoms with E-state index in [0.29, 0.717) is 12.1 Å². The van der Waals surface area contributed by atoms with Gasteiger partial charge < -0.3 is 10.6 Å². The molecule has 2 amide bonds. The van der Waals surface area contributed by atoms with Gasteiger partial charge in [-0.3, -0.25) is 9.59 Å². The van der Waals surface area contributed by atoms with Crippen molar-refractivity contribution in [2.24, 2.45) is 0 Å². The number of hydrogen-bond donors (Lipinski definition) is 2. The van der Waals surface area contributed by atoms with Crippen LogP contribution in [0.2, 0.25) is 0 Å². The average molecular weight is 411 g/mol. The molecule has 0 spiro atoms. The van der Waals surface area contributed by atoms with Gasteiger partial charge in [-0.25, -0.2) is 0 Å². The highest BCUT2D eigenvalue weighted by atomic mass is 79.9. The third-order valence-electron chi connectivity index (χ3n) is 3.34. The molecule has 0 radical (unpaired) electrons. The van der Waals surface area contributed by atoms with Crippen molar-refractivity contribution in [1.29, 1.82) is 0 Å². The van der Waals surface area contributed by atoms with Crippen LogP contribution >= 0.6 is 15.9 Å². The molecule has 0 bridgehead atoms. The Labute approximate surface area is 161 Å². The smallest absolute Gasteiger partial charge is 0.268 e. The average Bonchev–Trinajstić information content (AvgIpc) is 2.66. The topological polar surface area (TPSA) is 58.2 Å². The molecule has 0 fully saturated rings. The monoisotopic (exact) mass is 410 g/mol. The molecule has 5 heteroatoms. The summed E-state index contributed by atoms with van der Waals surface area (Å²) in [4.78, 5) is 24.7. The van der Waals surface area contributed by atoms with Gasteiger partial charge in [-0.2, -0.15) is 0 Å². The number of rotatable bonds is 7. The standard InChI is InChI=1S/C21H19BrN2O2/c1-2-14-23-21(26)19(13-6-10-16-8-4-3-5-9-16)24-20(25)17-11-7-12-18(22)15-17/h2-13,15H,1,14H2,(H,23,26)(H,24,25). The molecule has 0 aliphatic heterocycles. The Kier molecular flexibility index (Phi) is 7.58. The Morgan fingerprint density at radius 1 is 1.08 bits per heavy atom. The summed E-state index contributed by atoms with van der Waals surface area (Å²) in [7, 11) is 0. The van der Waals surface area contributed by atoms with E-state index in [4.69, 9.17) is 0 Å². The van der Waals surface area contributed by atoms with Crippen LogP contribution in [0.25, 0.3) is 6.08 Å². The Hall–Kier alpha value is -2.92. The lowest BCUT2D eigenvalue weighted by Gasteiger charge is -2.09. The van der Waals surface area contributed by atoms with Crippen LogP contribution in [0.1, 0.15) is 15.9 Å². The predicted molar refractivity (Wildman–Crippen MR) is 108 cm³/mol. The fourth-order valence-corrected chi connectivity index (χ4v) is 2.48. The molecule has 0 heterocycles. The van der Waals surface area contributed by atoms with Gasteiger partial charge in [-0.1, -0.05) is 70.6 Å². The van der Waals surface area contributed by atoms with Crippen molar-refractivity contribution in [3.05, 3.63) is 101 Å². The second kappa shape index (κ2) is 10.2. The van der Waals surface area contributed by atoms with E-state index in [1.54, 1.807) is 36.4 Å². The largest absolute Gasteiger partial charge is 0.347 e. The van der Waals surface area contributed by atoms with Crippen LogP contribution in [-0.2, 0) is 4.79 Å². The number of allylic oxidation sites excluding steroid dienone is 2. The Morgan fingerprint density at radius 2 is 1.85 bits per heavy atom. The Morgan fingerprint density at radius 3 is 2.54 bits per heavy atom. The first-order chi connectivity index (χ1) is 12.6. The normalized spacial score (nSPS) is 11.2. The molecule has 0 saturated carbocycles. The van der Waals surface area contributed by atoms with Gasteiger partial charge in [0.1, 0.15) is 5.70 Å². The van der Waals surface area contributed by atoms with Crippen molar-refractivity contribution >= 4 is 33.8 Å². The maximum atomic E-state index is 12.4. The van der Waals surface area contributed by atoms with E-state index < -0.39 is 0 Å². The third-order valence-corrected chi connectivity index (χ3v) is 3.83. The molecule has 26 heavy (non-hydrogen) atoms. The lowest BCUT2D eigenvalue weighted by molar-refractivity contribution is -0.117. The molecule has 0 unspecified atom stereocenters. The minimum Gasteiger partial charge on any atom is -0.347 e. The second-order valence-electron chi connectivity index (χ2n) is 5.31. The molecule has 2 rings (SSSR count). The molecule has 2 aromatic carbocycles. The van der Waals surface area contributed by atoms with Gasteiger partial charge in [0.15, 0.2) is 0 Å². The van der Waals surface area contributed by atoms with Crippen molar-refractivity contribution in [3.63, 3.8) is 0 Å². The van der Waals surface area contributed by atoms with E-state index >= 15 is 0 Å². The van der Waals surface area contributed by atoms with Gasteiger partial charge in [0.05, 0.1) is 0 Å². The van der Waals surface area contributed by atoms with Gasteiger partial charge >= 0.3 is 0 Å². The van der Waals surface area contributed by atoms with Crippen LogP contribution < -0.4 is 10.6 Å². The van der Waals surface area contributed by atoms with Crippen molar-refractivity contribution < 1.29 is 9.59 Å². The zero-order valence-electron chi connectivity index (χ0n) is 14.1. The summed E-state index contributed by atoms with van der Waals surface area (Å²) in [6.07, 6.45) is 6.72. The number of amides is 2. The second-order valence-corrected chi connectivity index (χ2v) is 6.23. The van der Waals surface area contributed by atoms with Crippen LogP contribution in [-0.4, -0.2) is 18.4 Å². The van der Waals surface area contributed by atoms with Crippen LogP contribution in [0.3, 0.4) is 0 Å². The zero-order chi connectivity index (χ0) is 18.8. The molecule has 0 saturated heterocycles. The van der Waals surface area contributed by atoms with Gasteiger partial charge in [0.25, 0.3) is 11.8 Å². The maximum absolute atomic E-state index is 12.4. The molecule has 0 aliphatic carbocycles. The number of benzene rings is 2. The number of hydrogen-bond acceptors (Lipinski definition) is 2. The fourth-order valence-electron chi connectivity index (χ4n) is 2.08. The number of nitrogens with one attached hydrogen (secondary N) is 2. The van der Waals surface area contributed by atoms with Crippen molar-refractivity contribution in [1.82, 2.24) is 10.6 Å². The zero-order valence-corrected chi connectivity index (χ0v) is 15.7. The van der Waals surface area contributed by atoms with E-state index in [-0.39, 0.29) is 17.5 Å². The lowest BCUT2D eigenvalue weighted by Crippen LogP contribution is -2.35.